The summed E-state index contributed by atoms with van der Waals surface area (Å²) in [4.78, 5) is 0. The van der Waals surface area contributed by atoms with Crippen LogP contribution in [0.25, 0.3) is 10.8 Å². The molecule has 0 aromatic heterocycles. The van der Waals surface area contributed by atoms with Crippen LogP contribution in [0.5, 0.6) is 5.75 Å². The van der Waals surface area contributed by atoms with Crippen molar-refractivity contribution in [1.82, 2.24) is 0 Å². The maximum Gasteiger partial charge on any atom is 0.125 e. The van der Waals surface area contributed by atoms with Crippen LogP contribution in [0.2, 0.25) is 0 Å². The van der Waals surface area contributed by atoms with E-state index in [4.69, 9.17) is 4.74 Å². The summed E-state index contributed by atoms with van der Waals surface area (Å²) in [5, 5.41) is 6.52. The minimum atomic E-state index is 0.213. The lowest BCUT2D eigenvalue weighted by molar-refractivity contribution is 0.296. The molecule has 1 N–H and O–H groups in total. The van der Waals surface area contributed by atoms with E-state index in [1.165, 1.54) is 33.2 Å². The first kappa shape index (κ1) is 18.3. The molecule has 0 spiro atoms. The molecular weight excluding hydrogens is 378 g/mol. The molecule has 2 heteroatoms. The number of rotatable bonds is 4. The number of allylic oxidation sites excluding steroid dienone is 2. The maximum absolute atomic E-state index is 6.34. The molecule has 4 aromatic rings. The van der Waals surface area contributed by atoms with Gasteiger partial charge in [-0.05, 0) is 34.9 Å². The van der Waals surface area contributed by atoms with Crippen LogP contribution in [0.15, 0.2) is 103 Å². The number of hydrogen-bond acceptors (Lipinski definition) is 2. The molecule has 0 saturated heterocycles. The Morgan fingerprint density at radius 3 is 2.52 bits per heavy atom. The summed E-state index contributed by atoms with van der Waals surface area (Å²) in [6.45, 7) is 0.580. The fourth-order valence-corrected chi connectivity index (χ4v) is 5.25. The Bertz CT molecular complexity index is 1260. The average Bonchev–Trinajstić information content (AvgIpc) is 3.33. The van der Waals surface area contributed by atoms with Crippen LogP contribution < -0.4 is 10.1 Å². The van der Waals surface area contributed by atoms with Gasteiger partial charge in [-0.15, -0.1) is 0 Å². The first-order valence-electron chi connectivity index (χ1n) is 11.1. The van der Waals surface area contributed by atoms with Crippen molar-refractivity contribution in [2.75, 3.05) is 5.32 Å². The van der Waals surface area contributed by atoms with Crippen molar-refractivity contribution in [3.05, 3.63) is 120 Å². The Balaban J connectivity index is 1.40. The summed E-state index contributed by atoms with van der Waals surface area (Å²) in [5.74, 6) is 1.90. The maximum atomic E-state index is 6.34. The molecule has 3 atom stereocenters. The van der Waals surface area contributed by atoms with Crippen LogP contribution in [-0.4, -0.2) is 0 Å². The van der Waals surface area contributed by atoms with E-state index in [0.29, 0.717) is 18.4 Å². The van der Waals surface area contributed by atoms with Gasteiger partial charge in [0, 0.05) is 22.6 Å². The van der Waals surface area contributed by atoms with Gasteiger partial charge in [-0.3, -0.25) is 0 Å². The number of benzene rings is 4. The van der Waals surface area contributed by atoms with Crippen LogP contribution in [0, 0.1) is 5.92 Å². The number of ether oxygens (including phenoxy) is 1. The zero-order chi connectivity index (χ0) is 20.6. The third-order valence-electron chi connectivity index (χ3n) is 6.75. The first-order chi connectivity index (χ1) is 15.4. The van der Waals surface area contributed by atoms with Crippen molar-refractivity contribution < 1.29 is 4.74 Å². The molecule has 152 valence electrons. The molecule has 4 aromatic carbocycles. The molecule has 3 unspecified atom stereocenters. The highest BCUT2D eigenvalue weighted by atomic mass is 16.5. The molecule has 0 fully saturated rings. The largest absolute Gasteiger partial charge is 0.489 e. The van der Waals surface area contributed by atoms with Crippen LogP contribution in [0.1, 0.15) is 35.1 Å². The number of hydrogen-bond donors (Lipinski definition) is 1. The topological polar surface area (TPSA) is 21.3 Å². The summed E-state index contributed by atoms with van der Waals surface area (Å²) in [5.41, 5.74) is 5.12. The van der Waals surface area contributed by atoms with E-state index in [1.807, 2.05) is 6.07 Å². The van der Waals surface area contributed by atoms with E-state index in [-0.39, 0.29) is 6.04 Å². The van der Waals surface area contributed by atoms with Gasteiger partial charge in [0.05, 0.1) is 6.04 Å². The molecule has 2 nitrogen and oxygen atoms in total. The second-order valence-electron chi connectivity index (χ2n) is 8.54. The monoisotopic (exact) mass is 403 g/mol. The van der Waals surface area contributed by atoms with Gasteiger partial charge in [0.1, 0.15) is 12.4 Å². The Labute approximate surface area is 183 Å². The van der Waals surface area contributed by atoms with Gasteiger partial charge in [-0.25, -0.2) is 0 Å². The van der Waals surface area contributed by atoms with E-state index in [0.717, 1.165) is 12.2 Å². The van der Waals surface area contributed by atoms with E-state index in [1.54, 1.807) is 0 Å². The quantitative estimate of drug-likeness (QED) is 0.362. The summed E-state index contributed by atoms with van der Waals surface area (Å²) in [6, 6.07) is 32.4. The van der Waals surface area contributed by atoms with Gasteiger partial charge < -0.3 is 10.1 Å². The van der Waals surface area contributed by atoms with Gasteiger partial charge in [0.2, 0.25) is 0 Å². The standard InChI is InChI=1S/C29H25NO/c1-2-9-20(10-3-1)19-31-27-16-7-6-13-26(27)29-24-15-8-14-23(24)25-18-17-21-11-4-5-12-22(21)28(25)30-29/h1-14,16-18,23-24,29-30H,15,19H2. The molecule has 0 radical (unpaired) electrons. The molecule has 1 aliphatic carbocycles. The number of fused-ring (bicyclic) bond motifs is 5. The summed E-state index contributed by atoms with van der Waals surface area (Å²) in [6.07, 6.45) is 5.84. The van der Waals surface area contributed by atoms with Crippen molar-refractivity contribution >= 4 is 16.5 Å². The Kier molecular flexibility index (Phi) is 4.49. The highest BCUT2D eigenvalue weighted by Crippen LogP contribution is 2.52. The fraction of sp³-hybridized carbons (Fsp3) is 0.172. The summed E-state index contributed by atoms with van der Waals surface area (Å²) >= 11 is 0. The van der Waals surface area contributed by atoms with Gasteiger partial charge in [-0.1, -0.05) is 97.1 Å². The van der Waals surface area contributed by atoms with E-state index in [2.05, 4.69) is 102 Å². The Morgan fingerprint density at radius 2 is 1.58 bits per heavy atom. The highest BCUT2D eigenvalue weighted by Gasteiger charge is 2.39. The van der Waals surface area contributed by atoms with Crippen LogP contribution in [0.3, 0.4) is 0 Å². The number of nitrogens with one attached hydrogen (secondary N) is 1. The molecule has 6 rings (SSSR count). The second-order valence-corrected chi connectivity index (χ2v) is 8.54. The lowest BCUT2D eigenvalue weighted by Crippen LogP contribution is -2.29. The Morgan fingerprint density at radius 1 is 0.774 bits per heavy atom. The van der Waals surface area contributed by atoms with E-state index >= 15 is 0 Å². The zero-order valence-electron chi connectivity index (χ0n) is 17.4. The van der Waals surface area contributed by atoms with Crippen molar-refractivity contribution in [2.45, 2.75) is 25.0 Å². The highest BCUT2D eigenvalue weighted by molar-refractivity contribution is 5.96. The predicted octanol–water partition coefficient (Wildman–Crippen LogP) is 7.25. The molecule has 1 aliphatic heterocycles. The average molecular weight is 404 g/mol. The SMILES string of the molecule is C1=CC2c3ccc4ccccc4c3NC(c3ccccc3OCc3ccccc3)C2C1. The van der Waals surface area contributed by atoms with Crippen LogP contribution in [-0.2, 0) is 6.61 Å². The van der Waals surface area contributed by atoms with Gasteiger partial charge in [0.25, 0.3) is 0 Å². The van der Waals surface area contributed by atoms with Crippen LogP contribution in [0.4, 0.5) is 5.69 Å². The molecule has 0 bridgehead atoms. The number of anilines is 1. The fourth-order valence-electron chi connectivity index (χ4n) is 5.25. The zero-order valence-corrected chi connectivity index (χ0v) is 17.4. The minimum Gasteiger partial charge on any atom is -0.489 e. The number of para-hydroxylation sites is 1. The van der Waals surface area contributed by atoms with E-state index < -0.39 is 0 Å². The Hall–Kier alpha value is -3.52. The molecule has 31 heavy (non-hydrogen) atoms. The second kappa shape index (κ2) is 7.63. The van der Waals surface area contributed by atoms with Crippen molar-refractivity contribution in [1.29, 1.82) is 0 Å². The molecule has 0 saturated carbocycles. The summed E-state index contributed by atoms with van der Waals surface area (Å²) < 4.78 is 6.34. The van der Waals surface area contributed by atoms with Gasteiger partial charge in [-0.2, -0.15) is 0 Å². The van der Waals surface area contributed by atoms with Crippen LogP contribution >= 0.6 is 0 Å². The summed E-state index contributed by atoms with van der Waals surface area (Å²) in [7, 11) is 0. The molecule has 0 amide bonds. The van der Waals surface area contributed by atoms with Crippen molar-refractivity contribution in [3.63, 3.8) is 0 Å². The molecule has 2 aliphatic rings. The van der Waals surface area contributed by atoms with Gasteiger partial charge >= 0.3 is 0 Å². The van der Waals surface area contributed by atoms with Gasteiger partial charge in [0.15, 0.2) is 0 Å². The van der Waals surface area contributed by atoms with E-state index in [9.17, 15) is 0 Å². The van der Waals surface area contributed by atoms with Crippen molar-refractivity contribution in [3.8, 4) is 5.75 Å². The lowest BCUT2D eigenvalue weighted by atomic mass is 9.76. The smallest absolute Gasteiger partial charge is 0.125 e. The van der Waals surface area contributed by atoms with Crippen molar-refractivity contribution in [2.24, 2.45) is 5.92 Å². The first-order valence-corrected chi connectivity index (χ1v) is 11.1. The molecule has 1 heterocycles. The minimum absolute atomic E-state index is 0.213. The normalized spacial score (nSPS) is 21.4. The third kappa shape index (κ3) is 3.19. The third-order valence-corrected chi connectivity index (χ3v) is 6.75. The lowest BCUT2D eigenvalue weighted by Gasteiger charge is -2.38. The predicted molar refractivity (Wildman–Crippen MR) is 128 cm³/mol. The molecular formula is C29H25NO.